The van der Waals surface area contributed by atoms with Gasteiger partial charge >= 0.3 is 5.97 Å². The third-order valence-electron chi connectivity index (χ3n) is 1.32. The first-order chi connectivity index (χ1) is 6.22. The lowest BCUT2D eigenvalue weighted by molar-refractivity contribution is -0.131. The molecule has 0 aromatic heterocycles. The van der Waals surface area contributed by atoms with Crippen LogP contribution in [0.2, 0.25) is 0 Å². The van der Waals surface area contributed by atoms with Crippen LogP contribution in [0.1, 0.15) is 6.92 Å². The minimum Gasteiger partial charge on any atom is -0.427 e. The van der Waals surface area contributed by atoms with Gasteiger partial charge in [0.15, 0.2) is 0 Å². The van der Waals surface area contributed by atoms with Crippen LogP contribution < -0.4 is 10.1 Å². The molecule has 1 rings (SSSR count). The molecule has 1 N–H and O–H groups in total. The Labute approximate surface area is 75.5 Å². The van der Waals surface area contributed by atoms with Crippen molar-refractivity contribution in [2.45, 2.75) is 6.92 Å². The lowest BCUT2D eigenvalue weighted by atomic mass is 10.3. The van der Waals surface area contributed by atoms with E-state index in [4.69, 9.17) is 4.74 Å². The smallest absolute Gasteiger partial charge is 0.308 e. The number of amides is 1. The number of benzene rings is 1. The Kier molecular flexibility index (Phi) is 3.03. The molecule has 0 bridgehead atoms. The van der Waals surface area contributed by atoms with Crippen LogP contribution in [0.4, 0.5) is 5.69 Å². The standard InChI is InChI=1S/C9H9NO3/c1-7(12)13-9-4-2-3-8(5-9)10-6-11/h2-6H,1H3,(H,10,11). The van der Waals surface area contributed by atoms with Crippen LogP contribution in [-0.2, 0) is 9.59 Å². The van der Waals surface area contributed by atoms with E-state index in [0.29, 0.717) is 17.8 Å². The van der Waals surface area contributed by atoms with Crippen molar-refractivity contribution in [1.29, 1.82) is 0 Å². The highest BCUT2D eigenvalue weighted by molar-refractivity contribution is 5.73. The average molecular weight is 179 g/mol. The maximum atomic E-state index is 10.6. The topological polar surface area (TPSA) is 55.4 Å². The molecule has 4 nitrogen and oxygen atoms in total. The van der Waals surface area contributed by atoms with Crippen LogP contribution in [0, 0.1) is 0 Å². The summed E-state index contributed by atoms with van der Waals surface area (Å²) in [4.78, 5) is 20.7. The molecule has 0 saturated carbocycles. The van der Waals surface area contributed by atoms with Gasteiger partial charge in [-0.15, -0.1) is 0 Å². The average Bonchev–Trinajstić information content (AvgIpc) is 2.04. The molecule has 0 unspecified atom stereocenters. The highest BCUT2D eigenvalue weighted by Crippen LogP contribution is 2.16. The number of hydrogen-bond donors (Lipinski definition) is 1. The van der Waals surface area contributed by atoms with Gasteiger partial charge in [0.1, 0.15) is 5.75 Å². The molecule has 4 heteroatoms. The number of nitrogens with one attached hydrogen (secondary N) is 1. The van der Waals surface area contributed by atoms with Gasteiger partial charge in [0.25, 0.3) is 0 Å². The number of hydrogen-bond acceptors (Lipinski definition) is 3. The van der Waals surface area contributed by atoms with Crippen LogP contribution >= 0.6 is 0 Å². The Balaban J connectivity index is 2.78. The second-order valence-electron chi connectivity index (χ2n) is 2.38. The van der Waals surface area contributed by atoms with E-state index in [0.717, 1.165) is 0 Å². The molecule has 1 aromatic rings. The van der Waals surface area contributed by atoms with Crippen molar-refractivity contribution in [2.24, 2.45) is 0 Å². The van der Waals surface area contributed by atoms with Gasteiger partial charge in [-0.25, -0.2) is 0 Å². The van der Waals surface area contributed by atoms with Gasteiger partial charge in [0, 0.05) is 18.7 Å². The molecule has 0 atom stereocenters. The van der Waals surface area contributed by atoms with E-state index in [2.05, 4.69) is 5.32 Å². The molecule has 0 aliphatic heterocycles. The van der Waals surface area contributed by atoms with Crippen molar-refractivity contribution in [3.63, 3.8) is 0 Å². The Bertz CT molecular complexity index is 322. The van der Waals surface area contributed by atoms with Crippen LogP contribution in [0.15, 0.2) is 24.3 Å². The number of esters is 1. The summed E-state index contributed by atoms with van der Waals surface area (Å²) in [7, 11) is 0. The Morgan fingerprint density at radius 2 is 2.31 bits per heavy atom. The predicted octanol–water partition coefficient (Wildman–Crippen LogP) is 1.18. The molecule has 0 heterocycles. The zero-order chi connectivity index (χ0) is 9.68. The van der Waals surface area contributed by atoms with E-state index in [-0.39, 0.29) is 5.97 Å². The largest absolute Gasteiger partial charge is 0.427 e. The van der Waals surface area contributed by atoms with Gasteiger partial charge in [0.2, 0.25) is 6.41 Å². The maximum absolute atomic E-state index is 10.6. The van der Waals surface area contributed by atoms with Crippen LogP contribution in [0.3, 0.4) is 0 Å². The number of rotatable bonds is 3. The SMILES string of the molecule is CC(=O)Oc1cccc(NC=O)c1. The van der Waals surface area contributed by atoms with Crippen LogP contribution in [0.5, 0.6) is 5.75 Å². The van der Waals surface area contributed by atoms with Gasteiger partial charge in [-0.2, -0.15) is 0 Å². The van der Waals surface area contributed by atoms with Crippen molar-refractivity contribution in [3.05, 3.63) is 24.3 Å². The monoisotopic (exact) mass is 179 g/mol. The fraction of sp³-hybridized carbons (Fsp3) is 0.111. The molecule has 0 aliphatic carbocycles. The molecule has 1 aromatic carbocycles. The normalized spacial score (nSPS) is 9.00. The van der Waals surface area contributed by atoms with Crippen molar-refractivity contribution in [3.8, 4) is 5.75 Å². The van der Waals surface area contributed by atoms with Gasteiger partial charge in [-0.1, -0.05) is 6.07 Å². The first kappa shape index (κ1) is 9.25. The number of carbonyl (C=O) groups is 2. The molecule has 1 amide bonds. The molecule has 0 saturated heterocycles. The van der Waals surface area contributed by atoms with E-state index < -0.39 is 0 Å². The van der Waals surface area contributed by atoms with Crippen molar-refractivity contribution in [2.75, 3.05) is 5.32 Å². The number of ether oxygens (including phenoxy) is 1. The summed E-state index contributed by atoms with van der Waals surface area (Å²) in [5.74, 6) is 0.0302. The first-order valence-corrected chi connectivity index (χ1v) is 3.71. The quantitative estimate of drug-likeness (QED) is 0.430. The van der Waals surface area contributed by atoms with Gasteiger partial charge in [-0.05, 0) is 12.1 Å². The third-order valence-corrected chi connectivity index (χ3v) is 1.32. The van der Waals surface area contributed by atoms with E-state index in [1.54, 1.807) is 24.3 Å². The second kappa shape index (κ2) is 4.25. The highest BCUT2D eigenvalue weighted by atomic mass is 16.5. The summed E-state index contributed by atoms with van der Waals surface area (Å²) in [5, 5.41) is 2.45. The highest BCUT2D eigenvalue weighted by Gasteiger charge is 1.98. The molecular formula is C9H9NO3. The first-order valence-electron chi connectivity index (χ1n) is 3.71. The molecule has 0 spiro atoms. The van der Waals surface area contributed by atoms with E-state index >= 15 is 0 Å². The van der Waals surface area contributed by atoms with Gasteiger partial charge in [-0.3, -0.25) is 9.59 Å². The van der Waals surface area contributed by atoms with Gasteiger partial charge in [0.05, 0.1) is 0 Å². The molecule has 0 radical (unpaired) electrons. The summed E-state index contributed by atoms with van der Waals surface area (Å²) in [6, 6.07) is 6.58. The molecule has 0 fully saturated rings. The van der Waals surface area contributed by atoms with Crippen LogP contribution in [0.25, 0.3) is 0 Å². The Hall–Kier alpha value is -1.84. The molecule has 68 valence electrons. The zero-order valence-corrected chi connectivity index (χ0v) is 7.11. The van der Waals surface area contributed by atoms with E-state index in [9.17, 15) is 9.59 Å². The van der Waals surface area contributed by atoms with Crippen molar-refractivity contribution in [1.82, 2.24) is 0 Å². The Morgan fingerprint density at radius 3 is 2.92 bits per heavy atom. The third kappa shape index (κ3) is 2.94. The van der Waals surface area contributed by atoms with E-state index in [1.165, 1.54) is 6.92 Å². The fourth-order valence-corrected chi connectivity index (χ4v) is 0.883. The minimum absolute atomic E-state index is 0.386. The fourth-order valence-electron chi connectivity index (χ4n) is 0.883. The lowest BCUT2D eigenvalue weighted by Gasteiger charge is -2.02. The summed E-state index contributed by atoms with van der Waals surface area (Å²) < 4.78 is 4.81. The predicted molar refractivity (Wildman–Crippen MR) is 47.4 cm³/mol. The second-order valence-corrected chi connectivity index (χ2v) is 2.38. The number of carbonyl (C=O) groups excluding carboxylic acids is 2. The molecule has 0 aliphatic rings. The molecular weight excluding hydrogens is 170 g/mol. The summed E-state index contributed by atoms with van der Waals surface area (Å²) in [6.45, 7) is 1.32. The summed E-state index contributed by atoms with van der Waals surface area (Å²) in [6.07, 6.45) is 0.562. The number of anilines is 1. The maximum Gasteiger partial charge on any atom is 0.308 e. The zero-order valence-electron chi connectivity index (χ0n) is 7.11. The van der Waals surface area contributed by atoms with Crippen LogP contribution in [-0.4, -0.2) is 12.4 Å². The minimum atomic E-state index is -0.386. The summed E-state index contributed by atoms with van der Waals surface area (Å²) in [5.41, 5.74) is 0.591. The van der Waals surface area contributed by atoms with Crippen molar-refractivity contribution < 1.29 is 14.3 Å². The summed E-state index contributed by atoms with van der Waals surface area (Å²) >= 11 is 0. The molecule has 13 heavy (non-hydrogen) atoms. The lowest BCUT2D eigenvalue weighted by Crippen LogP contribution is -2.02. The van der Waals surface area contributed by atoms with Gasteiger partial charge < -0.3 is 10.1 Å². The van der Waals surface area contributed by atoms with E-state index in [1.807, 2.05) is 0 Å². The van der Waals surface area contributed by atoms with Crippen molar-refractivity contribution >= 4 is 18.1 Å². The Morgan fingerprint density at radius 1 is 1.54 bits per heavy atom.